The Morgan fingerprint density at radius 3 is 1.49 bits per heavy atom. The van der Waals surface area contributed by atoms with Crippen LogP contribution in [0.3, 0.4) is 0 Å². The maximum absolute atomic E-state index is 6.56. The van der Waals surface area contributed by atoms with E-state index in [-0.39, 0.29) is 0 Å². The minimum Gasteiger partial charge on any atom is -0.455 e. The number of benzene rings is 8. The van der Waals surface area contributed by atoms with Gasteiger partial charge in [0.15, 0.2) is 5.58 Å². The standard InChI is InChI=1S/C49H32N2O2/c1-4-11-33(12-5-1)34-19-21-35(22-20-34)36-23-27-40(28-24-36)51(39-15-8-3-9-16-39)41-29-25-37(26-30-41)42-17-10-18-43-44-31-47-45(32-46(44)52-48(42)43)50-49(53-47)38-13-6-2-7-14-38/h1-32H. The normalized spacial score (nSPS) is 11.4. The fourth-order valence-electron chi connectivity index (χ4n) is 7.25. The van der Waals surface area contributed by atoms with Crippen LogP contribution in [0.25, 0.3) is 77.9 Å². The highest BCUT2D eigenvalue weighted by Gasteiger charge is 2.18. The number of nitrogens with zero attached hydrogens (tertiary/aromatic N) is 2. The Labute approximate surface area is 306 Å². The van der Waals surface area contributed by atoms with E-state index in [1.165, 1.54) is 22.3 Å². The average Bonchev–Trinajstić information content (AvgIpc) is 3.82. The third-order valence-corrected chi connectivity index (χ3v) is 9.93. The lowest BCUT2D eigenvalue weighted by Crippen LogP contribution is -2.09. The van der Waals surface area contributed by atoms with E-state index in [9.17, 15) is 0 Å². The Morgan fingerprint density at radius 2 is 0.868 bits per heavy atom. The third kappa shape index (κ3) is 5.63. The van der Waals surface area contributed by atoms with E-state index in [0.717, 1.165) is 66.8 Å². The van der Waals surface area contributed by atoms with Gasteiger partial charge in [-0.15, -0.1) is 0 Å². The van der Waals surface area contributed by atoms with Gasteiger partial charge in [-0.05, 0) is 82.4 Å². The van der Waals surface area contributed by atoms with Crippen molar-refractivity contribution in [2.45, 2.75) is 0 Å². The van der Waals surface area contributed by atoms with Crippen LogP contribution in [-0.2, 0) is 0 Å². The fraction of sp³-hybridized carbons (Fsp3) is 0. The topological polar surface area (TPSA) is 42.4 Å². The largest absolute Gasteiger partial charge is 0.455 e. The molecule has 0 fully saturated rings. The quantitative estimate of drug-likeness (QED) is 0.168. The molecule has 250 valence electrons. The summed E-state index contributed by atoms with van der Waals surface area (Å²) < 4.78 is 12.8. The zero-order valence-electron chi connectivity index (χ0n) is 28.7. The second-order valence-electron chi connectivity index (χ2n) is 13.2. The minimum absolute atomic E-state index is 0.604. The molecule has 0 amide bonds. The van der Waals surface area contributed by atoms with Gasteiger partial charge in [0.1, 0.15) is 16.7 Å². The van der Waals surface area contributed by atoms with E-state index in [1.54, 1.807) is 0 Å². The molecule has 0 bridgehead atoms. The summed E-state index contributed by atoms with van der Waals surface area (Å²) in [6, 6.07) is 67.6. The van der Waals surface area contributed by atoms with Crippen molar-refractivity contribution in [3.63, 3.8) is 0 Å². The number of hydrogen-bond acceptors (Lipinski definition) is 4. The second kappa shape index (κ2) is 12.9. The number of para-hydroxylation sites is 2. The molecule has 0 radical (unpaired) electrons. The van der Waals surface area contributed by atoms with Crippen LogP contribution in [0.5, 0.6) is 0 Å². The van der Waals surface area contributed by atoms with Gasteiger partial charge < -0.3 is 13.7 Å². The van der Waals surface area contributed by atoms with Gasteiger partial charge in [-0.3, -0.25) is 0 Å². The van der Waals surface area contributed by atoms with Crippen molar-refractivity contribution < 1.29 is 8.83 Å². The monoisotopic (exact) mass is 680 g/mol. The van der Waals surface area contributed by atoms with Crippen molar-refractivity contribution in [3.8, 4) is 44.8 Å². The fourth-order valence-corrected chi connectivity index (χ4v) is 7.25. The predicted octanol–water partition coefficient (Wildman–Crippen LogP) is 13.9. The van der Waals surface area contributed by atoms with Crippen LogP contribution in [0.1, 0.15) is 0 Å². The van der Waals surface area contributed by atoms with Crippen LogP contribution in [0.4, 0.5) is 17.1 Å². The molecule has 0 N–H and O–H groups in total. The Morgan fingerprint density at radius 1 is 0.358 bits per heavy atom. The van der Waals surface area contributed by atoms with Crippen molar-refractivity contribution in [1.82, 2.24) is 4.98 Å². The number of furan rings is 1. The number of fused-ring (bicyclic) bond motifs is 4. The maximum Gasteiger partial charge on any atom is 0.227 e. The molecular formula is C49H32N2O2. The zero-order chi connectivity index (χ0) is 35.1. The molecule has 0 atom stereocenters. The van der Waals surface area contributed by atoms with Crippen LogP contribution >= 0.6 is 0 Å². The molecule has 4 nitrogen and oxygen atoms in total. The zero-order valence-corrected chi connectivity index (χ0v) is 28.7. The van der Waals surface area contributed by atoms with Gasteiger partial charge >= 0.3 is 0 Å². The maximum atomic E-state index is 6.56. The van der Waals surface area contributed by atoms with Gasteiger partial charge in [0.05, 0.1) is 0 Å². The first-order valence-electron chi connectivity index (χ1n) is 17.8. The summed E-state index contributed by atoms with van der Waals surface area (Å²) >= 11 is 0. The Hall–Kier alpha value is -7.17. The van der Waals surface area contributed by atoms with Crippen molar-refractivity contribution in [2.75, 3.05) is 4.90 Å². The molecule has 0 spiro atoms. The third-order valence-electron chi connectivity index (χ3n) is 9.93. The SMILES string of the molecule is c1ccc(-c2ccc(-c3ccc(N(c4ccccc4)c4ccc(-c5cccc6c5oc5cc7nc(-c8ccccc8)oc7cc56)cc4)cc3)cc2)cc1. The summed E-state index contributed by atoms with van der Waals surface area (Å²) in [4.78, 5) is 7.05. The number of anilines is 3. The highest BCUT2D eigenvalue weighted by atomic mass is 16.4. The molecule has 10 aromatic rings. The summed E-state index contributed by atoms with van der Waals surface area (Å²) in [5, 5.41) is 2.05. The van der Waals surface area contributed by atoms with Crippen molar-refractivity contribution in [2.24, 2.45) is 0 Å². The first-order chi connectivity index (χ1) is 26.2. The summed E-state index contributed by atoms with van der Waals surface area (Å²) in [6.45, 7) is 0. The summed E-state index contributed by atoms with van der Waals surface area (Å²) in [5.74, 6) is 0.604. The molecule has 0 saturated carbocycles. The van der Waals surface area contributed by atoms with Gasteiger partial charge in [-0.2, -0.15) is 0 Å². The first kappa shape index (κ1) is 30.6. The molecule has 0 saturated heterocycles. The molecule has 2 aromatic heterocycles. The lowest BCUT2D eigenvalue weighted by molar-refractivity contribution is 0.620. The second-order valence-corrected chi connectivity index (χ2v) is 13.2. The molecule has 4 heteroatoms. The van der Waals surface area contributed by atoms with Crippen LogP contribution < -0.4 is 4.90 Å². The molecule has 10 rings (SSSR count). The molecule has 53 heavy (non-hydrogen) atoms. The molecule has 8 aromatic carbocycles. The van der Waals surface area contributed by atoms with Crippen molar-refractivity contribution in [3.05, 3.63) is 194 Å². The smallest absolute Gasteiger partial charge is 0.227 e. The Bertz CT molecular complexity index is 2840. The average molecular weight is 681 g/mol. The molecule has 0 aliphatic heterocycles. The van der Waals surface area contributed by atoms with Crippen LogP contribution in [0, 0.1) is 0 Å². The molecule has 2 heterocycles. The number of rotatable bonds is 7. The number of aromatic nitrogens is 1. The van der Waals surface area contributed by atoms with Crippen LogP contribution in [0.2, 0.25) is 0 Å². The molecule has 0 aliphatic rings. The van der Waals surface area contributed by atoms with Crippen molar-refractivity contribution >= 4 is 50.1 Å². The van der Waals surface area contributed by atoms with Gasteiger partial charge in [-0.1, -0.05) is 133 Å². The van der Waals surface area contributed by atoms with Crippen molar-refractivity contribution in [1.29, 1.82) is 0 Å². The summed E-state index contributed by atoms with van der Waals surface area (Å²) in [7, 11) is 0. The predicted molar refractivity (Wildman–Crippen MR) is 218 cm³/mol. The highest BCUT2D eigenvalue weighted by Crippen LogP contribution is 2.40. The van der Waals surface area contributed by atoms with E-state index in [0.29, 0.717) is 5.89 Å². The summed E-state index contributed by atoms with van der Waals surface area (Å²) in [5.41, 5.74) is 14.3. The number of hydrogen-bond donors (Lipinski definition) is 0. The van der Waals surface area contributed by atoms with E-state index in [2.05, 4.69) is 150 Å². The molecular weight excluding hydrogens is 649 g/mol. The Kier molecular flexibility index (Phi) is 7.43. The van der Waals surface area contributed by atoms with Crippen LogP contribution in [-0.4, -0.2) is 4.98 Å². The Balaban J connectivity index is 0.972. The van der Waals surface area contributed by atoms with Crippen LogP contribution in [0.15, 0.2) is 203 Å². The minimum atomic E-state index is 0.604. The number of oxazole rings is 1. The van der Waals surface area contributed by atoms with Gasteiger partial charge in [0, 0.05) is 45.0 Å². The van der Waals surface area contributed by atoms with E-state index < -0.39 is 0 Å². The van der Waals surface area contributed by atoms with Gasteiger partial charge in [-0.25, -0.2) is 4.98 Å². The molecule has 0 aliphatic carbocycles. The first-order valence-corrected chi connectivity index (χ1v) is 17.8. The summed E-state index contributed by atoms with van der Waals surface area (Å²) in [6.07, 6.45) is 0. The molecule has 0 unspecified atom stereocenters. The highest BCUT2D eigenvalue weighted by molar-refractivity contribution is 6.12. The van der Waals surface area contributed by atoms with E-state index in [1.807, 2.05) is 48.5 Å². The van der Waals surface area contributed by atoms with Gasteiger partial charge in [0.25, 0.3) is 0 Å². The van der Waals surface area contributed by atoms with E-state index in [4.69, 9.17) is 13.8 Å². The van der Waals surface area contributed by atoms with E-state index >= 15 is 0 Å². The lowest BCUT2D eigenvalue weighted by atomic mass is 10.00. The lowest BCUT2D eigenvalue weighted by Gasteiger charge is -2.26. The van der Waals surface area contributed by atoms with Gasteiger partial charge in [0.2, 0.25) is 5.89 Å².